The molecule has 0 bridgehead atoms. The summed E-state index contributed by atoms with van der Waals surface area (Å²) in [6, 6.07) is 9.06. The number of fused-ring (bicyclic) bond motifs is 1. The van der Waals surface area contributed by atoms with E-state index in [9.17, 15) is 35.4 Å². The van der Waals surface area contributed by atoms with E-state index in [1.165, 1.54) is 19.1 Å². The van der Waals surface area contributed by atoms with Crippen LogP contribution in [0.1, 0.15) is 18.9 Å². The second kappa shape index (κ2) is 9.96. The van der Waals surface area contributed by atoms with Crippen molar-refractivity contribution in [3.63, 3.8) is 0 Å². The van der Waals surface area contributed by atoms with Gasteiger partial charge in [-0.15, -0.1) is 0 Å². The number of aliphatic hydroxyl groups is 6. The molecule has 6 N–H and O–H groups in total. The Morgan fingerprint density at radius 1 is 1.11 bits per heavy atom. The molecule has 0 amide bonds. The Bertz CT molecular complexity index is 950. The van der Waals surface area contributed by atoms with Crippen LogP contribution in [0.5, 0.6) is 0 Å². The van der Waals surface area contributed by atoms with E-state index in [1.807, 2.05) is 18.2 Å². The molecule has 1 saturated heterocycles. The lowest BCUT2D eigenvalue weighted by Gasteiger charge is -2.45. The number of esters is 1. The summed E-state index contributed by atoms with van der Waals surface area (Å²) < 4.78 is 22.3. The smallest absolute Gasteiger partial charge is 0.331 e. The normalized spacial score (nSPS) is 43.1. The number of rotatable bonds is 6. The molecule has 1 saturated carbocycles. The zero-order valence-corrected chi connectivity index (χ0v) is 19.0. The molecule has 2 heterocycles. The fraction of sp³-hybridized carbons (Fsp3) is 0.542. The summed E-state index contributed by atoms with van der Waals surface area (Å²) in [7, 11) is 0. The fourth-order valence-corrected chi connectivity index (χ4v) is 4.92. The van der Waals surface area contributed by atoms with Crippen molar-refractivity contribution in [3.8, 4) is 0 Å². The minimum Gasteiger partial charge on any atom is -0.472 e. The molecule has 0 aromatic heterocycles. The molecule has 2 aliphatic heterocycles. The Balaban J connectivity index is 1.55. The van der Waals surface area contributed by atoms with Crippen LogP contribution in [-0.2, 0) is 23.7 Å². The summed E-state index contributed by atoms with van der Waals surface area (Å²) >= 11 is 0. The van der Waals surface area contributed by atoms with Gasteiger partial charge in [0.15, 0.2) is 6.29 Å². The van der Waals surface area contributed by atoms with Gasteiger partial charge in [-0.25, -0.2) is 4.79 Å². The fourth-order valence-electron chi connectivity index (χ4n) is 4.92. The maximum absolute atomic E-state index is 12.6. The minimum atomic E-state index is -1.91. The number of ether oxygens (including phenoxy) is 4. The number of hydrogen-bond acceptors (Lipinski definition) is 11. The van der Waals surface area contributed by atoms with Gasteiger partial charge in [0, 0.05) is 12.5 Å². The number of benzene rings is 1. The van der Waals surface area contributed by atoms with E-state index in [2.05, 4.69) is 0 Å². The molecule has 2 fully saturated rings. The molecule has 1 aliphatic carbocycles. The van der Waals surface area contributed by atoms with Crippen molar-refractivity contribution >= 4 is 12.0 Å². The summed E-state index contributed by atoms with van der Waals surface area (Å²) in [5, 5.41) is 61.7. The van der Waals surface area contributed by atoms with Gasteiger partial charge in [0.05, 0.1) is 24.9 Å². The second-order valence-corrected chi connectivity index (χ2v) is 9.20. The Morgan fingerprint density at radius 2 is 1.83 bits per heavy atom. The third-order valence-corrected chi connectivity index (χ3v) is 6.77. The van der Waals surface area contributed by atoms with E-state index in [0.717, 1.165) is 11.8 Å². The molecule has 11 heteroatoms. The van der Waals surface area contributed by atoms with Gasteiger partial charge in [-0.1, -0.05) is 30.3 Å². The molecule has 0 spiro atoms. The van der Waals surface area contributed by atoms with Crippen molar-refractivity contribution in [2.75, 3.05) is 6.61 Å². The van der Waals surface area contributed by atoms with Gasteiger partial charge in [-0.05, 0) is 24.6 Å². The van der Waals surface area contributed by atoms with E-state index in [-0.39, 0.29) is 6.42 Å². The van der Waals surface area contributed by atoms with Gasteiger partial charge in [-0.3, -0.25) is 0 Å². The molecular formula is C24H30O11. The SMILES string of the molecule is C[C@@]1(OC(=O)C=Cc2ccccc2)C[C@@H](O)[C@@]2(O)C=CO[C@@H](O[C@H]3O[C@@H](CO)[C@H](O)[C@@H](O)[C@@H]3O)[C@@H]21. The summed E-state index contributed by atoms with van der Waals surface area (Å²) in [6.45, 7) is 0.852. The van der Waals surface area contributed by atoms with Crippen LogP contribution in [0.15, 0.2) is 48.7 Å². The van der Waals surface area contributed by atoms with Gasteiger partial charge in [0.2, 0.25) is 6.29 Å². The van der Waals surface area contributed by atoms with Crippen LogP contribution < -0.4 is 0 Å². The number of carbonyl (C=O) groups excluding carboxylic acids is 1. The lowest BCUT2D eigenvalue weighted by atomic mass is 9.81. The van der Waals surface area contributed by atoms with Gasteiger partial charge in [-0.2, -0.15) is 0 Å². The predicted octanol–water partition coefficient (Wildman–Crippen LogP) is -1.20. The summed E-state index contributed by atoms with van der Waals surface area (Å²) in [5.41, 5.74) is -2.62. The highest BCUT2D eigenvalue weighted by atomic mass is 16.8. The maximum Gasteiger partial charge on any atom is 0.331 e. The Hall–Kier alpha value is -2.35. The first-order valence-electron chi connectivity index (χ1n) is 11.2. The maximum atomic E-state index is 12.6. The lowest BCUT2D eigenvalue weighted by molar-refractivity contribution is -0.351. The highest BCUT2D eigenvalue weighted by Crippen LogP contribution is 2.51. The van der Waals surface area contributed by atoms with Crippen LogP contribution in [0.25, 0.3) is 6.08 Å². The van der Waals surface area contributed by atoms with Crippen LogP contribution in [0.2, 0.25) is 0 Å². The summed E-state index contributed by atoms with van der Waals surface area (Å²) in [6.07, 6.45) is -5.57. The standard InChI is InChI=1S/C24H30O11/c1-23(35-16(27)8-7-13-5-3-2-4-6-13)11-15(26)24(31)9-10-32-22(20(23)24)34-21-19(30)18(29)17(28)14(12-25)33-21/h2-10,14-15,17-22,25-26,28-31H,11-12H2,1H3/t14-,15+,17-,18+,19-,20+,21+,22-,23+,24-/m0/s1. The van der Waals surface area contributed by atoms with Crippen molar-refractivity contribution in [3.05, 3.63) is 54.3 Å². The van der Waals surface area contributed by atoms with Crippen LogP contribution >= 0.6 is 0 Å². The first kappa shape index (κ1) is 25.7. The van der Waals surface area contributed by atoms with E-state index in [4.69, 9.17) is 18.9 Å². The third kappa shape index (κ3) is 4.86. The monoisotopic (exact) mass is 494 g/mol. The topological polar surface area (TPSA) is 175 Å². The van der Waals surface area contributed by atoms with Crippen molar-refractivity contribution in [2.24, 2.45) is 5.92 Å². The Morgan fingerprint density at radius 3 is 2.51 bits per heavy atom. The molecule has 1 aromatic carbocycles. The van der Waals surface area contributed by atoms with Gasteiger partial charge >= 0.3 is 5.97 Å². The van der Waals surface area contributed by atoms with E-state index >= 15 is 0 Å². The number of carbonyl (C=O) groups is 1. The van der Waals surface area contributed by atoms with Crippen molar-refractivity contribution in [1.82, 2.24) is 0 Å². The molecule has 3 aliphatic rings. The van der Waals surface area contributed by atoms with Crippen LogP contribution in [-0.4, -0.2) is 97.5 Å². The zero-order chi connectivity index (χ0) is 25.4. The highest BCUT2D eigenvalue weighted by Gasteiger charge is 2.66. The van der Waals surface area contributed by atoms with Crippen LogP contribution in [0.4, 0.5) is 0 Å². The van der Waals surface area contributed by atoms with Crippen molar-refractivity contribution in [1.29, 1.82) is 0 Å². The number of aliphatic hydroxyl groups excluding tert-OH is 5. The molecule has 192 valence electrons. The van der Waals surface area contributed by atoms with Crippen LogP contribution in [0, 0.1) is 5.92 Å². The average Bonchev–Trinajstić information content (AvgIpc) is 3.03. The largest absolute Gasteiger partial charge is 0.472 e. The van der Waals surface area contributed by atoms with Crippen molar-refractivity contribution in [2.45, 2.75) is 67.6 Å². The average molecular weight is 494 g/mol. The molecular weight excluding hydrogens is 464 g/mol. The van der Waals surface area contributed by atoms with Crippen LogP contribution in [0.3, 0.4) is 0 Å². The predicted molar refractivity (Wildman–Crippen MR) is 118 cm³/mol. The molecule has 11 nitrogen and oxygen atoms in total. The molecule has 4 rings (SSSR count). The summed E-state index contributed by atoms with van der Waals surface area (Å²) in [5.74, 6) is -1.90. The molecule has 35 heavy (non-hydrogen) atoms. The summed E-state index contributed by atoms with van der Waals surface area (Å²) in [4.78, 5) is 12.6. The second-order valence-electron chi connectivity index (χ2n) is 9.20. The highest BCUT2D eigenvalue weighted by molar-refractivity contribution is 5.87. The van der Waals surface area contributed by atoms with Gasteiger partial charge in [0.25, 0.3) is 0 Å². The molecule has 10 atom stereocenters. The van der Waals surface area contributed by atoms with E-state index < -0.39 is 72.8 Å². The lowest BCUT2D eigenvalue weighted by Crippen LogP contribution is -2.62. The zero-order valence-electron chi connectivity index (χ0n) is 19.0. The van der Waals surface area contributed by atoms with Gasteiger partial charge < -0.3 is 49.6 Å². The Labute approximate surface area is 201 Å². The number of hydrogen-bond donors (Lipinski definition) is 6. The van der Waals surface area contributed by atoms with E-state index in [1.54, 1.807) is 18.2 Å². The Kier molecular flexibility index (Phi) is 7.32. The van der Waals surface area contributed by atoms with Crippen molar-refractivity contribution < 1.29 is 54.4 Å². The molecule has 1 aromatic rings. The molecule has 0 radical (unpaired) electrons. The van der Waals surface area contributed by atoms with Gasteiger partial charge in [0.1, 0.15) is 35.6 Å². The minimum absolute atomic E-state index is 0.151. The third-order valence-electron chi connectivity index (χ3n) is 6.77. The quantitative estimate of drug-likeness (QED) is 0.207. The molecule has 0 unspecified atom stereocenters. The first-order valence-corrected chi connectivity index (χ1v) is 11.2. The first-order chi connectivity index (χ1) is 16.6. The van der Waals surface area contributed by atoms with E-state index in [0.29, 0.717) is 0 Å².